The van der Waals surface area contributed by atoms with E-state index in [0.29, 0.717) is 0 Å². The largest absolute Gasteiger partial charge is 0.462 e. The summed E-state index contributed by atoms with van der Waals surface area (Å²) in [6.07, 6.45) is 2.07. The number of carbonyl (C=O) groups excluding carboxylic acids is 2. The molecule has 0 aliphatic carbocycles. The second kappa shape index (κ2) is 5.04. The molecule has 1 aromatic heterocycles. The Morgan fingerprint density at radius 1 is 1.22 bits per heavy atom. The van der Waals surface area contributed by atoms with Crippen molar-refractivity contribution in [3.05, 3.63) is 30.5 Å². The third-order valence-electron chi connectivity index (χ3n) is 2.89. The van der Waals surface area contributed by atoms with E-state index in [0.717, 1.165) is 16.7 Å². The Labute approximate surface area is 105 Å². The monoisotopic (exact) mass is 245 g/mol. The van der Waals surface area contributed by atoms with Gasteiger partial charge in [-0.15, -0.1) is 0 Å². The number of hydrogen-bond donors (Lipinski definition) is 0. The first-order valence-electron chi connectivity index (χ1n) is 5.82. The zero-order valence-corrected chi connectivity index (χ0v) is 10.5. The molecular weight excluding hydrogens is 230 g/mol. The number of benzene rings is 1. The van der Waals surface area contributed by atoms with Crippen molar-refractivity contribution in [1.29, 1.82) is 0 Å². The Kier molecular flexibility index (Phi) is 3.46. The van der Waals surface area contributed by atoms with Gasteiger partial charge in [0.05, 0.1) is 5.69 Å². The number of anilines is 1. The Bertz CT molecular complexity index is 585. The summed E-state index contributed by atoms with van der Waals surface area (Å²) in [5.41, 5.74) is 1.48. The van der Waals surface area contributed by atoms with Gasteiger partial charge in [0.2, 0.25) is 5.91 Å². The number of nitrogens with zero attached hydrogens (tertiary/aromatic N) is 1. The second-order valence-electron chi connectivity index (χ2n) is 4.27. The molecule has 0 unspecified atom stereocenters. The second-order valence-corrected chi connectivity index (χ2v) is 4.27. The van der Waals surface area contributed by atoms with Crippen molar-refractivity contribution in [2.75, 3.05) is 11.9 Å². The number of Topliss-reactive ketones (excluding diaryl/α,β-unsaturated/α-hetero) is 1. The lowest BCUT2D eigenvalue weighted by atomic mass is 10.2. The van der Waals surface area contributed by atoms with E-state index < -0.39 is 0 Å². The van der Waals surface area contributed by atoms with Crippen LogP contribution in [-0.2, 0) is 9.59 Å². The minimum Gasteiger partial charge on any atom is -0.462 e. The van der Waals surface area contributed by atoms with Gasteiger partial charge in [0.25, 0.3) is 0 Å². The van der Waals surface area contributed by atoms with Crippen LogP contribution in [0.4, 0.5) is 5.69 Å². The van der Waals surface area contributed by atoms with Crippen LogP contribution in [0.2, 0.25) is 0 Å². The van der Waals surface area contributed by atoms with Gasteiger partial charge in [-0.3, -0.25) is 4.79 Å². The fourth-order valence-corrected chi connectivity index (χ4v) is 1.81. The average Bonchev–Trinajstić information content (AvgIpc) is 2.78. The highest BCUT2D eigenvalue weighted by atomic mass is 16.3. The summed E-state index contributed by atoms with van der Waals surface area (Å²) < 4.78 is 5.39. The molecule has 0 N–H and O–H groups in total. The molecular formula is C14H15NO3. The van der Waals surface area contributed by atoms with Crippen molar-refractivity contribution in [1.82, 2.24) is 0 Å². The molecule has 1 aromatic carbocycles. The van der Waals surface area contributed by atoms with Crippen molar-refractivity contribution < 1.29 is 14.0 Å². The smallest absolute Gasteiger partial charge is 0.227 e. The van der Waals surface area contributed by atoms with Crippen LogP contribution < -0.4 is 4.90 Å². The van der Waals surface area contributed by atoms with Crippen molar-refractivity contribution >= 4 is 28.3 Å². The number of amides is 1. The summed E-state index contributed by atoms with van der Waals surface area (Å²) in [7, 11) is 1.69. The van der Waals surface area contributed by atoms with Gasteiger partial charge in [-0.05, 0) is 19.1 Å². The van der Waals surface area contributed by atoms with E-state index in [4.69, 9.17) is 4.42 Å². The van der Waals surface area contributed by atoms with Gasteiger partial charge >= 0.3 is 0 Å². The standard InChI is InChI=1S/C14H15NO3/c1-10(16)7-8-14(17)15(2)12-9-18-13-6-4-3-5-11(12)13/h3-6,9H,7-8H2,1-2H3. The Hall–Kier alpha value is -2.10. The number of rotatable bonds is 4. The zero-order valence-electron chi connectivity index (χ0n) is 10.5. The molecule has 1 amide bonds. The fraction of sp³-hybridized carbons (Fsp3) is 0.286. The highest BCUT2D eigenvalue weighted by molar-refractivity contribution is 6.02. The molecule has 0 bridgehead atoms. The van der Waals surface area contributed by atoms with Gasteiger partial charge in [0.1, 0.15) is 17.6 Å². The predicted molar refractivity (Wildman–Crippen MR) is 69.5 cm³/mol. The molecule has 0 aliphatic rings. The summed E-state index contributed by atoms with van der Waals surface area (Å²) in [5, 5.41) is 0.899. The van der Waals surface area contributed by atoms with Crippen LogP contribution >= 0.6 is 0 Å². The van der Waals surface area contributed by atoms with Gasteiger partial charge < -0.3 is 14.1 Å². The normalized spacial score (nSPS) is 10.6. The van der Waals surface area contributed by atoms with Gasteiger partial charge in [-0.2, -0.15) is 0 Å². The van der Waals surface area contributed by atoms with Gasteiger partial charge in [0, 0.05) is 25.3 Å². The first kappa shape index (κ1) is 12.4. The highest BCUT2D eigenvalue weighted by Gasteiger charge is 2.16. The lowest BCUT2D eigenvalue weighted by Crippen LogP contribution is -2.26. The summed E-state index contributed by atoms with van der Waals surface area (Å²) in [4.78, 5) is 24.3. The molecule has 18 heavy (non-hydrogen) atoms. The predicted octanol–water partition coefficient (Wildman–Crippen LogP) is 2.76. The van der Waals surface area contributed by atoms with E-state index in [2.05, 4.69) is 0 Å². The summed E-state index contributed by atoms with van der Waals surface area (Å²) in [5.74, 6) is -0.0643. The first-order valence-corrected chi connectivity index (χ1v) is 5.82. The Balaban J connectivity index is 2.20. The number of fused-ring (bicyclic) bond motifs is 1. The topological polar surface area (TPSA) is 50.5 Å². The number of hydrogen-bond acceptors (Lipinski definition) is 3. The number of furan rings is 1. The maximum absolute atomic E-state index is 11.9. The van der Waals surface area contributed by atoms with E-state index in [1.165, 1.54) is 11.8 Å². The molecule has 0 saturated heterocycles. The molecule has 0 radical (unpaired) electrons. The van der Waals surface area contributed by atoms with Crippen LogP contribution in [0.15, 0.2) is 34.9 Å². The molecule has 4 nitrogen and oxygen atoms in total. The molecule has 0 aliphatic heterocycles. The van der Waals surface area contributed by atoms with E-state index in [1.807, 2.05) is 24.3 Å². The minimum atomic E-state index is -0.0863. The zero-order chi connectivity index (χ0) is 13.1. The fourth-order valence-electron chi connectivity index (χ4n) is 1.81. The third kappa shape index (κ3) is 2.42. The van der Waals surface area contributed by atoms with E-state index in [1.54, 1.807) is 13.3 Å². The quantitative estimate of drug-likeness (QED) is 0.832. The van der Waals surface area contributed by atoms with Crippen molar-refractivity contribution in [3.8, 4) is 0 Å². The van der Waals surface area contributed by atoms with Crippen LogP contribution in [-0.4, -0.2) is 18.7 Å². The summed E-state index contributed by atoms with van der Waals surface area (Å²) in [6, 6.07) is 7.54. The molecule has 1 heterocycles. The average molecular weight is 245 g/mol. The van der Waals surface area contributed by atoms with Crippen LogP contribution in [0, 0.1) is 0 Å². The molecule has 0 atom stereocenters. The molecule has 0 fully saturated rings. The molecule has 0 spiro atoms. The first-order chi connectivity index (χ1) is 8.59. The van der Waals surface area contributed by atoms with E-state index in [9.17, 15) is 9.59 Å². The number of carbonyl (C=O) groups is 2. The van der Waals surface area contributed by atoms with Gasteiger partial charge in [-0.1, -0.05) is 12.1 Å². The highest BCUT2D eigenvalue weighted by Crippen LogP contribution is 2.28. The molecule has 4 heteroatoms. The molecule has 2 rings (SSSR count). The molecule has 94 valence electrons. The van der Waals surface area contributed by atoms with Crippen molar-refractivity contribution in [2.24, 2.45) is 0 Å². The maximum atomic E-state index is 11.9. The lowest BCUT2D eigenvalue weighted by Gasteiger charge is -2.15. The van der Waals surface area contributed by atoms with E-state index in [-0.39, 0.29) is 24.5 Å². The van der Waals surface area contributed by atoms with Crippen LogP contribution in [0.3, 0.4) is 0 Å². The Morgan fingerprint density at radius 2 is 1.94 bits per heavy atom. The van der Waals surface area contributed by atoms with Crippen LogP contribution in [0.5, 0.6) is 0 Å². The Morgan fingerprint density at radius 3 is 2.67 bits per heavy atom. The number of ketones is 1. The summed E-state index contributed by atoms with van der Waals surface area (Å²) in [6.45, 7) is 1.49. The maximum Gasteiger partial charge on any atom is 0.227 e. The van der Waals surface area contributed by atoms with Gasteiger partial charge in [0.15, 0.2) is 0 Å². The lowest BCUT2D eigenvalue weighted by molar-refractivity contribution is -0.122. The van der Waals surface area contributed by atoms with Crippen molar-refractivity contribution in [3.63, 3.8) is 0 Å². The molecule has 0 saturated carbocycles. The summed E-state index contributed by atoms with van der Waals surface area (Å²) >= 11 is 0. The van der Waals surface area contributed by atoms with Crippen LogP contribution in [0.25, 0.3) is 11.0 Å². The van der Waals surface area contributed by atoms with Crippen molar-refractivity contribution in [2.45, 2.75) is 19.8 Å². The SMILES string of the molecule is CC(=O)CCC(=O)N(C)c1coc2ccccc12. The van der Waals surface area contributed by atoms with E-state index >= 15 is 0 Å². The number of para-hydroxylation sites is 1. The van der Waals surface area contributed by atoms with Crippen LogP contribution in [0.1, 0.15) is 19.8 Å². The molecule has 2 aromatic rings. The minimum absolute atomic E-state index is 0.0220. The van der Waals surface area contributed by atoms with Gasteiger partial charge in [-0.25, -0.2) is 0 Å². The third-order valence-corrected chi connectivity index (χ3v) is 2.89.